The van der Waals surface area contributed by atoms with Gasteiger partial charge in [0.15, 0.2) is 0 Å². The molecule has 2 aromatic carbocycles. The highest BCUT2D eigenvalue weighted by molar-refractivity contribution is 5.97. The number of aliphatic carboxylic acids is 1. The Hall–Kier alpha value is -2.63. The molecule has 0 aliphatic heterocycles. The van der Waals surface area contributed by atoms with Crippen LogP contribution in [0.4, 0.5) is 0 Å². The first-order valence-corrected chi connectivity index (χ1v) is 9.76. The number of benzene rings is 2. The number of aryl methyl sites for hydroxylation is 2. The molecule has 0 aliphatic rings. The van der Waals surface area contributed by atoms with Crippen LogP contribution in [0.1, 0.15) is 43.0 Å². The van der Waals surface area contributed by atoms with E-state index in [2.05, 4.69) is 17.4 Å². The van der Waals surface area contributed by atoms with Crippen molar-refractivity contribution in [3.63, 3.8) is 0 Å². The first-order chi connectivity index (χ1) is 13.6. The lowest BCUT2D eigenvalue weighted by molar-refractivity contribution is -0.138. The van der Waals surface area contributed by atoms with Gasteiger partial charge in [-0.25, -0.2) is 0 Å². The number of rotatable bonds is 7. The lowest BCUT2D eigenvalue weighted by atomic mass is 9.93. The number of nitrogens with one attached hydrogen (secondary N) is 1. The lowest BCUT2D eigenvalue weighted by Crippen LogP contribution is -2.32. The number of carboxylic acids is 1. The standard InChI is InChI=1S/C24H30N2O3.ClH/c1-14(2)26-23(27)17(5)11-20-10-16(4)21(12-15(20)3)19-8-6-18(7-9-19)13-22(25)24(28)29;/h6-12,14,22H,13,25H2,1-5H3,(H,26,27)(H,28,29);1H/b17-11+;. The molecule has 0 bridgehead atoms. The maximum atomic E-state index is 12.2. The van der Waals surface area contributed by atoms with Crippen molar-refractivity contribution in [2.75, 3.05) is 0 Å². The topological polar surface area (TPSA) is 92.4 Å². The van der Waals surface area contributed by atoms with Crippen LogP contribution in [0, 0.1) is 13.8 Å². The van der Waals surface area contributed by atoms with Crippen LogP contribution in [-0.2, 0) is 16.0 Å². The van der Waals surface area contributed by atoms with Crippen molar-refractivity contribution in [1.29, 1.82) is 0 Å². The maximum Gasteiger partial charge on any atom is 0.320 e. The van der Waals surface area contributed by atoms with E-state index < -0.39 is 12.0 Å². The van der Waals surface area contributed by atoms with Crippen LogP contribution in [0.25, 0.3) is 17.2 Å². The van der Waals surface area contributed by atoms with Crippen molar-refractivity contribution in [2.45, 2.75) is 53.1 Å². The fraction of sp³-hybridized carbons (Fsp3) is 0.333. The van der Waals surface area contributed by atoms with E-state index in [0.717, 1.165) is 33.4 Å². The van der Waals surface area contributed by atoms with Gasteiger partial charge in [-0.05, 0) is 80.5 Å². The van der Waals surface area contributed by atoms with Gasteiger partial charge in [-0.1, -0.05) is 36.4 Å². The predicted octanol–water partition coefficient (Wildman–Crippen LogP) is 4.27. The minimum absolute atomic E-state index is 0. The highest BCUT2D eigenvalue weighted by Gasteiger charge is 2.13. The van der Waals surface area contributed by atoms with E-state index in [1.165, 1.54) is 0 Å². The third-order valence-corrected chi connectivity index (χ3v) is 4.80. The van der Waals surface area contributed by atoms with Crippen molar-refractivity contribution < 1.29 is 14.7 Å². The van der Waals surface area contributed by atoms with Gasteiger partial charge in [-0.3, -0.25) is 9.59 Å². The normalized spacial score (nSPS) is 12.3. The molecule has 0 heterocycles. The Morgan fingerprint density at radius 3 is 2.23 bits per heavy atom. The van der Waals surface area contributed by atoms with Crippen molar-refractivity contribution in [3.05, 3.63) is 64.2 Å². The second-order valence-corrected chi connectivity index (χ2v) is 7.83. The summed E-state index contributed by atoms with van der Waals surface area (Å²) in [6.07, 6.45) is 2.22. The molecule has 2 aromatic rings. The number of carbonyl (C=O) groups excluding carboxylic acids is 1. The van der Waals surface area contributed by atoms with Crippen LogP contribution in [0.15, 0.2) is 42.0 Å². The van der Waals surface area contributed by atoms with E-state index in [1.54, 1.807) is 0 Å². The molecule has 0 aliphatic carbocycles. The average Bonchev–Trinajstić information content (AvgIpc) is 2.64. The van der Waals surface area contributed by atoms with E-state index in [9.17, 15) is 9.59 Å². The number of carboxylic acid groups (broad SMARTS) is 1. The third-order valence-electron chi connectivity index (χ3n) is 4.80. The van der Waals surface area contributed by atoms with Gasteiger partial charge in [0, 0.05) is 11.6 Å². The summed E-state index contributed by atoms with van der Waals surface area (Å²) in [5.41, 5.74) is 12.6. The van der Waals surface area contributed by atoms with Crippen LogP contribution in [0.2, 0.25) is 0 Å². The summed E-state index contributed by atoms with van der Waals surface area (Å²) in [5.74, 6) is -1.06. The Bertz CT molecular complexity index is 934. The van der Waals surface area contributed by atoms with Crippen LogP contribution < -0.4 is 11.1 Å². The Balaban J connectivity index is 0.00000450. The molecule has 1 amide bonds. The lowest BCUT2D eigenvalue weighted by Gasteiger charge is -2.13. The smallest absolute Gasteiger partial charge is 0.320 e. The van der Waals surface area contributed by atoms with Gasteiger partial charge in [-0.2, -0.15) is 0 Å². The van der Waals surface area contributed by atoms with E-state index in [4.69, 9.17) is 10.8 Å². The molecule has 30 heavy (non-hydrogen) atoms. The summed E-state index contributed by atoms with van der Waals surface area (Å²) < 4.78 is 0. The molecule has 0 spiro atoms. The minimum Gasteiger partial charge on any atom is -0.480 e. The second kappa shape index (κ2) is 11.0. The van der Waals surface area contributed by atoms with Crippen LogP contribution in [0.3, 0.4) is 0 Å². The summed E-state index contributed by atoms with van der Waals surface area (Å²) >= 11 is 0. The number of nitrogens with two attached hydrogens (primary N) is 1. The highest BCUT2D eigenvalue weighted by atomic mass is 35.5. The van der Waals surface area contributed by atoms with Gasteiger partial charge in [0.1, 0.15) is 6.04 Å². The van der Waals surface area contributed by atoms with Crippen molar-refractivity contribution in [2.24, 2.45) is 5.73 Å². The number of amides is 1. The van der Waals surface area contributed by atoms with Crippen LogP contribution in [0.5, 0.6) is 0 Å². The van der Waals surface area contributed by atoms with Crippen LogP contribution >= 0.6 is 12.4 Å². The number of carbonyl (C=O) groups is 2. The fourth-order valence-corrected chi connectivity index (χ4v) is 3.14. The summed E-state index contributed by atoms with van der Waals surface area (Å²) in [5, 5.41) is 11.9. The SMILES string of the molecule is C/C(=C\c1cc(C)c(-c2ccc(CC(N)C(=O)O)cc2)cc1C)C(=O)NC(C)C.Cl. The van der Waals surface area contributed by atoms with Gasteiger partial charge in [0.25, 0.3) is 0 Å². The third kappa shape index (κ3) is 6.71. The largest absolute Gasteiger partial charge is 0.480 e. The monoisotopic (exact) mass is 430 g/mol. The van der Waals surface area contributed by atoms with E-state index in [1.807, 2.05) is 65.0 Å². The molecule has 0 aromatic heterocycles. The van der Waals surface area contributed by atoms with Gasteiger partial charge in [0.05, 0.1) is 0 Å². The minimum atomic E-state index is -0.999. The molecule has 0 fully saturated rings. The van der Waals surface area contributed by atoms with Gasteiger partial charge in [-0.15, -0.1) is 12.4 Å². The van der Waals surface area contributed by atoms with Crippen LogP contribution in [-0.4, -0.2) is 29.1 Å². The second-order valence-electron chi connectivity index (χ2n) is 7.83. The summed E-state index contributed by atoms with van der Waals surface area (Å²) in [4.78, 5) is 23.1. The van der Waals surface area contributed by atoms with E-state index >= 15 is 0 Å². The van der Waals surface area contributed by atoms with Crippen molar-refractivity contribution in [3.8, 4) is 11.1 Å². The Morgan fingerprint density at radius 2 is 1.70 bits per heavy atom. The molecular weight excluding hydrogens is 400 g/mol. The molecule has 1 unspecified atom stereocenters. The fourth-order valence-electron chi connectivity index (χ4n) is 3.14. The van der Waals surface area contributed by atoms with Crippen molar-refractivity contribution in [1.82, 2.24) is 5.32 Å². The molecule has 1 atom stereocenters. The molecule has 6 heteroatoms. The van der Waals surface area contributed by atoms with Gasteiger partial charge >= 0.3 is 5.97 Å². The molecule has 5 nitrogen and oxygen atoms in total. The Labute approximate surface area is 184 Å². The average molecular weight is 431 g/mol. The van der Waals surface area contributed by atoms with Crippen molar-refractivity contribution >= 4 is 30.4 Å². The number of hydrogen-bond acceptors (Lipinski definition) is 3. The number of hydrogen-bond donors (Lipinski definition) is 3. The van der Waals surface area contributed by atoms with E-state index in [-0.39, 0.29) is 24.4 Å². The summed E-state index contributed by atoms with van der Waals surface area (Å²) in [6, 6.07) is 11.2. The molecule has 162 valence electrons. The number of halogens is 1. The zero-order chi connectivity index (χ0) is 21.7. The quantitative estimate of drug-likeness (QED) is 0.572. The molecule has 2 rings (SSSR count). The molecule has 0 saturated heterocycles. The first kappa shape index (κ1) is 25.4. The first-order valence-electron chi connectivity index (χ1n) is 9.76. The highest BCUT2D eigenvalue weighted by Crippen LogP contribution is 2.28. The zero-order valence-corrected chi connectivity index (χ0v) is 19.0. The predicted molar refractivity (Wildman–Crippen MR) is 125 cm³/mol. The van der Waals surface area contributed by atoms with Gasteiger partial charge in [0.2, 0.25) is 5.91 Å². The molecule has 0 radical (unpaired) electrons. The Kier molecular flexibility index (Phi) is 9.27. The van der Waals surface area contributed by atoms with E-state index in [0.29, 0.717) is 12.0 Å². The molecular formula is C24H31ClN2O3. The summed E-state index contributed by atoms with van der Waals surface area (Å²) in [7, 11) is 0. The summed E-state index contributed by atoms with van der Waals surface area (Å²) in [6.45, 7) is 9.78. The molecule has 4 N–H and O–H groups in total. The maximum absolute atomic E-state index is 12.2. The zero-order valence-electron chi connectivity index (χ0n) is 18.2. The van der Waals surface area contributed by atoms with Gasteiger partial charge < -0.3 is 16.2 Å². The molecule has 0 saturated carbocycles. The Morgan fingerprint density at radius 1 is 1.10 bits per heavy atom.